The monoisotopic (exact) mass is 184 g/mol. The molecule has 2 saturated carbocycles. The molecule has 1 heterocycles. The molecule has 1 aliphatic heterocycles. The predicted octanol–water partition coefficient (Wildman–Crippen LogP) is 1.05. The third-order valence-electron chi connectivity index (χ3n) is 3.56. The lowest BCUT2D eigenvalue weighted by Crippen LogP contribution is -2.35. The maximum absolute atomic E-state index is 9.93. The van der Waals surface area contributed by atoms with Crippen LogP contribution >= 0.6 is 0 Å². The van der Waals surface area contributed by atoms with E-state index in [-0.39, 0.29) is 12.2 Å². The molecule has 1 saturated heterocycles. The van der Waals surface area contributed by atoms with Gasteiger partial charge in [0.05, 0.1) is 17.8 Å². The number of hydrogen-bond donors (Lipinski definition) is 1. The van der Waals surface area contributed by atoms with Crippen LogP contribution in [0.2, 0.25) is 0 Å². The quantitative estimate of drug-likeness (QED) is 0.611. The van der Waals surface area contributed by atoms with Crippen molar-refractivity contribution in [1.29, 1.82) is 0 Å². The van der Waals surface area contributed by atoms with Crippen LogP contribution in [0, 0.1) is 5.92 Å². The zero-order chi connectivity index (χ0) is 9.27. The number of hydrogen-bond acceptors (Lipinski definition) is 3. The van der Waals surface area contributed by atoms with Gasteiger partial charge in [0.25, 0.3) is 0 Å². The minimum atomic E-state index is -0.442. The number of fused-ring (bicyclic) bond motifs is 2. The second-order valence-electron chi connectivity index (χ2n) is 5.16. The van der Waals surface area contributed by atoms with Crippen molar-refractivity contribution in [2.75, 3.05) is 0 Å². The van der Waals surface area contributed by atoms with Gasteiger partial charge in [0.1, 0.15) is 0 Å². The first kappa shape index (κ1) is 8.21. The number of aliphatic hydroxyl groups is 1. The van der Waals surface area contributed by atoms with Crippen LogP contribution in [-0.4, -0.2) is 28.7 Å². The Labute approximate surface area is 78.0 Å². The Morgan fingerprint density at radius 1 is 1.15 bits per heavy atom. The molecule has 3 aliphatic rings. The molecule has 0 spiro atoms. The Balaban J connectivity index is 1.79. The van der Waals surface area contributed by atoms with Crippen LogP contribution in [-0.2, 0) is 9.47 Å². The minimum Gasteiger partial charge on any atom is -0.389 e. The molecule has 0 amide bonds. The van der Waals surface area contributed by atoms with Crippen molar-refractivity contribution in [3.63, 3.8) is 0 Å². The molecule has 3 heteroatoms. The van der Waals surface area contributed by atoms with Crippen molar-refractivity contribution in [2.45, 2.75) is 56.7 Å². The Bertz CT molecular complexity index is 251. The molecule has 3 nitrogen and oxygen atoms in total. The fourth-order valence-corrected chi connectivity index (χ4v) is 2.83. The Hall–Kier alpha value is -0.120. The van der Waals surface area contributed by atoms with E-state index >= 15 is 0 Å². The molecule has 13 heavy (non-hydrogen) atoms. The third kappa shape index (κ3) is 1.14. The van der Waals surface area contributed by atoms with Gasteiger partial charge in [-0.1, -0.05) is 0 Å². The summed E-state index contributed by atoms with van der Waals surface area (Å²) < 4.78 is 11.5. The molecular weight excluding hydrogens is 168 g/mol. The van der Waals surface area contributed by atoms with Crippen molar-refractivity contribution in [3.05, 3.63) is 0 Å². The molecule has 1 unspecified atom stereocenters. The minimum absolute atomic E-state index is 0.124. The molecule has 4 atom stereocenters. The largest absolute Gasteiger partial charge is 0.389 e. The summed E-state index contributed by atoms with van der Waals surface area (Å²) in [5.74, 6) is 0.0360. The molecule has 1 N–H and O–H groups in total. The zero-order valence-electron chi connectivity index (χ0n) is 8.12. The Kier molecular flexibility index (Phi) is 1.33. The normalized spacial score (nSPS) is 57.0. The van der Waals surface area contributed by atoms with Gasteiger partial charge in [0.2, 0.25) is 0 Å². The average Bonchev–Trinajstić information content (AvgIpc) is 2.48. The Morgan fingerprint density at radius 2 is 1.85 bits per heavy atom. The van der Waals surface area contributed by atoms with Crippen LogP contribution in [0.25, 0.3) is 0 Å². The second-order valence-corrected chi connectivity index (χ2v) is 5.16. The van der Waals surface area contributed by atoms with Gasteiger partial charge in [0, 0.05) is 6.42 Å². The van der Waals surface area contributed by atoms with Crippen LogP contribution in [0.1, 0.15) is 33.1 Å². The van der Waals surface area contributed by atoms with Crippen LogP contribution in [0.15, 0.2) is 0 Å². The van der Waals surface area contributed by atoms with Crippen molar-refractivity contribution >= 4 is 0 Å². The van der Waals surface area contributed by atoms with Gasteiger partial charge in [-0.3, -0.25) is 0 Å². The molecule has 2 aliphatic carbocycles. The first-order chi connectivity index (χ1) is 5.99. The summed E-state index contributed by atoms with van der Waals surface area (Å²) >= 11 is 0. The van der Waals surface area contributed by atoms with Gasteiger partial charge in [-0.05, 0) is 32.6 Å². The highest BCUT2D eigenvalue weighted by Crippen LogP contribution is 2.56. The van der Waals surface area contributed by atoms with E-state index in [1.54, 1.807) is 0 Å². The average molecular weight is 184 g/mol. The highest BCUT2D eigenvalue weighted by atomic mass is 16.8. The second kappa shape index (κ2) is 2.10. The standard InChI is InChI=1S/C10H16O3/c1-9(2)12-7-3-6-4-10(6,11)5-8(7)13-9/h6-8,11H,3-5H2,1-2H3/t6-,7?,8+,10+/m0/s1. The topological polar surface area (TPSA) is 38.7 Å². The predicted molar refractivity (Wildman–Crippen MR) is 46.1 cm³/mol. The van der Waals surface area contributed by atoms with Gasteiger partial charge < -0.3 is 14.6 Å². The van der Waals surface area contributed by atoms with Crippen LogP contribution in [0.3, 0.4) is 0 Å². The molecule has 0 aromatic heterocycles. The van der Waals surface area contributed by atoms with Crippen LogP contribution in [0.4, 0.5) is 0 Å². The van der Waals surface area contributed by atoms with Gasteiger partial charge in [-0.15, -0.1) is 0 Å². The summed E-state index contributed by atoms with van der Waals surface area (Å²) in [6.07, 6.45) is 3.05. The zero-order valence-corrected chi connectivity index (χ0v) is 8.12. The van der Waals surface area contributed by atoms with Crippen LogP contribution in [0.5, 0.6) is 0 Å². The molecule has 0 aromatic carbocycles. The summed E-state index contributed by atoms with van der Waals surface area (Å²) in [6.45, 7) is 3.89. The lowest BCUT2D eigenvalue weighted by molar-refractivity contribution is -0.147. The first-order valence-corrected chi connectivity index (χ1v) is 5.07. The van der Waals surface area contributed by atoms with E-state index in [1.807, 2.05) is 13.8 Å². The third-order valence-corrected chi connectivity index (χ3v) is 3.56. The highest BCUT2D eigenvalue weighted by molar-refractivity contribution is 5.11. The van der Waals surface area contributed by atoms with E-state index in [1.165, 1.54) is 0 Å². The van der Waals surface area contributed by atoms with E-state index in [9.17, 15) is 5.11 Å². The molecule has 0 aromatic rings. The van der Waals surface area contributed by atoms with Crippen molar-refractivity contribution < 1.29 is 14.6 Å². The fraction of sp³-hybridized carbons (Fsp3) is 1.00. The van der Waals surface area contributed by atoms with Crippen molar-refractivity contribution in [1.82, 2.24) is 0 Å². The molecule has 74 valence electrons. The lowest BCUT2D eigenvalue weighted by Gasteiger charge is -2.25. The molecule has 0 bridgehead atoms. The van der Waals surface area contributed by atoms with E-state index in [2.05, 4.69) is 0 Å². The van der Waals surface area contributed by atoms with E-state index < -0.39 is 11.4 Å². The van der Waals surface area contributed by atoms with Crippen LogP contribution < -0.4 is 0 Å². The highest BCUT2D eigenvalue weighted by Gasteiger charge is 2.62. The molecular formula is C10H16O3. The lowest BCUT2D eigenvalue weighted by atomic mass is 9.93. The fourth-order valence-electron chi connectivity index (χ4n) is 2.83. The maximum Gasteiger partial charge on any atom is 0.163 e. The number of rotatable bonds is 0. The summed E-state index contributed by atoms with van der Waals surface area (Å²) in [6, 6.07) is 0. The summed E-state index contributed by atoms with van der Waals surface area (Å²) in [4.78, 5) is 0. The van der Waals surface area contributed by atoms with Crippen molar-refractivity contribution in [2.24, 2.45) is 5.92 Å². The molecule has 0 radical (unpaired) electrons. The summed E-state index contributed by atoms with van der Waals surface area (Å²) in [5, 5.41) is 9.93. The molecule has 3 fully saturated rings. The maximum atomic E-state index is 9.93. The summed E-state index contributed by atoms with van der Waals surface area (Å²) in [5.41, 5.74) is -0.398. The SMILES string of the molecule is CC1(C)OC2C[C@H]3C[C@@]3(O)C[C@H]2O1. The van der Waals surface area contributed by atoms with E-state index in [0.29, 0.717) is 5.92 Å². The number of ether oxygens (including phenoxy) is 2. The summed E-state index contributed by atoms with van der Waals surface area (Å²) in [7, 11) is 0. The van der Waals surface area contributed by atoms with Gasteiger partial charge in [-0.25, -0.2) is 0 Å². The van der Waals surface area contributed by atoms with Gasteiger partial charge >= 0.3 is 0 Å². The van der Waals surface area contributed by atoms with Gasteiger partial charge in [0.15, 0.2) is 5.79 Å². The van der Waals surface area contributed by atoms with Crippen molar-refractivity contribution in [3.8, 4) is 0 Å². The molecule has 3 rings (SSSR count). The van der Waals surface area contributed by atoms with Gasteiger partial charge in [-0.2, -0.15) is 0 Å². The Morgan fingerprint density at radius 3 is 2.62 bits per heavy atom. The van der Waals surface area contributed by atoms with E-state index in [0.717, 1.165) is 19.3 Å². The first-order valence-electron chi connectivity index (χ1n) is 5.07. The van der Waals surface area contributed by atoms with E-state index in [4.69, 9.17) is 9.47 Å². The smallest absolute Gasteiger partial charge is 0.163 e.